The quantitative estimate of drug-likeness (QED) is 0.723. The van der Waals surface area contributed by atoms with Crippen LogP contribution in [-0.2, 0) is 4.74 Å². The number of alkyl halides is 1. The minimum atomic E-state index is 0.591. The molecule has 100 valence electrons. The molecule has 0 bridgehead atoms. The number of halogens is 1. The summed E-state index contributed by atoms with van der Waals surface area (Å²) in [5.41, 5.74) is 0.591. The molecule has 2 rings (SSSR count). The summed E-state index contributed by atoms with van der Waals surface area (Å²) >= 11 is 3.75. The molecule has 3 heteroatoms. The predicted octanol–water partition coefficient (Wildman–Crippen LogP) is 3.30. The van der Waals surface area contributed by atoms with Gasteiger partial charge in [0.1, 0.15) is 0 Å². The molecule has 2 aliphatic rings. The second-order valence-corrected chi connectivity index (χ2v) is 6.58. The smallest absolute Gasteiger partial charge is 0.0491 e. The number of hydrogen-bond donors (Lipinski definition) is 0. The largest absolute Gasteiger partial charge is 0.384 e. The molecule has 17 heavy (non-hydrogen) atoms. The fraction of sp³-hybridized carbons (Fsp3) is 1.00. The van der Waals surface area contributed by atoms with Crippen molar-refractivity contribution in [3.8, 4) is 0 Å². The highest BCUT2D eigenvalue weighted by Gasteiger charge is 2.35. The van der Waals surface area contributed by atoms with Gasteiger partial charge < -0.3 is 9.64 Å². The highest BCUT2D eigenvalue weighted by molar-refractivity contribution is 9.09. The van der Waals surface area contributed by atoms with Crippen LogP contribution in [0.25, 0.3) is 0 Å². The maximum absolute atomic E-state index is 5.26. The van der Waals surface area contributed by atoms with E-state index in [0.717, 1.165) is 12.5 Å². The van der Waals surface area contributed by atoms with Crippen LogP contribution >= 0.6 is 15.9 Å². The van der Waals surface area contributed by atoms with Crippen LogP contribution in [0.1, 0.15) is 38.5 Å². The zero-order chi connectivity index (χ0) is 12.1. The Morgan fingerprint density at radius 3 is 2.41 bits per heavy atom. The van der Waals surface area contributed by atoms with Gasteiger partial charge in [0, 0.05) is 25.6 Å². The average molecular weight is 304 g/mol. The van der Waals surface area contributed by atoms with E-state index >= 15 is 0 Å². The number of rotatable bonds is 5. The lowest BCUT2D eigenvalue weighted by Crippen LogP contribution is -2.42. The zero-order valence-corrected chi connectivity index (χ0v) is 12.7. The van der Waals surface area contributed by atoms with E-state index in [2.05, 4.69) is 20.8 Å². The van der Waals surface area contributed by atoms with Crippen molar-refractivity contribution in [2.75, 3.05) is 38.7 Å². The number of piperidine rings is 1. The van der Waals surface area contributed by atoms with Crippen molar-refractivity contribution in [3.63, 3.8) is 0 Å². The number of ether oxygens (including phenoxy) is 1. The van der Waals surface area contributed by atoms with Crippen LogP contribution in [0.15, 0.2) is 0 Å². The van der Waals surface area contributed by atoms with Gasteiger partial charge in [-0.3, -0.25) is 0 Å². The molecule has 1 heterocycles. The molecular weight excluding hydrogens is 278 g/mol. The highest BCUT2D eigenvalue weighted by atomic mass is 79.9. The van der Waals surface area contributed by atoms with E-state index in [1.165, 1.54) is 63.5 Å². The van der Waals surface area contributed by atoms with Crippen LogP contribution in [0, 0.1) is 11.3 Å². The predicted molar refractivity (Wildman–Crippen MR) is 75.7 cm³/mol. The second-order valence-electron chi connectivity index (χ2n) is 6.02. The molecule has 0 spiro atoms. The molecule has 1 saturated carbocycles. The van der Waals surface area contributed by atoms with Gasteiger partial charge in [-0.15, -0.1) is 0 Å². The first-order chi connectivity index (χ1) is 8.28. The third kappa shape index (κ3) is 3.68. The molecule has 1 aliphatic heterocycles. The maximum atomic E-state index is 5.26. The summed E-state index contributed by atoms with van der Waals surface area (Å²) in [7, 11) is 1.82. The van der Waals surface area contributed by atoms with E-state index < -0.39 is 0 Å². The lowest BCUT2D eigenvalue weighted by molar-refractivity contribution is 0.0799. The van der Waals surface area contributed by atoms with Crippen molar-refractivity contribution in [2.24, 2.45) is 11.3 Å². The van der Waals surface area contributed by atoms with Crippen LogP contribution in [0.4, 0.5) is 0 Å². The molecule has 0 aromatic heterocycles. The van der Waals surface area contributed by atoms with Crippen LogP contribution < -0.4 is 0 Å². The van der Waals surface area contributed by atoms with E-state index in [4.69, 9.17) is 4.74 Å². The van der Waals surface area contributed by atoms with Gasteiger partial charge >= 0.3 is 0 Å². The van der Waals surface area contributed by atoms with Gasteiger partial charge in [0.15, 0.2) is 0 Å². The molecule has 0 atom stereocenters. The van der Waals surface area contributed by atoms with E-state index in [-0.39, 0.29) is 0 Å². The Kier molecular flexibility index (Phi) is 5.31. The molecule has 2 fully saturated rings. The minimum Gasteiger partial charge on any atom is -0.384 e. The second kappa shape index (κ2) is 6.53. The zero-order valence-electron chi connectivity index (χ0n) is 11.1. The highest BCUT2D eigenvalue weighted by Crippen LogP contribution is 2.40. The summed E-state index contributed by atoms with van der Waals surface area (Å²) in [5, 5.41) is 1.19. The first-order valence-corrected chi connectivity index (χ1v) is 8.17. The molecule has 0 N–H and O–H groups in total. The van der Waals surface area contributed by atoms with Gasteiger partial charge in [-0.2, -0.15) is 0 Å². The topological polar surface area (TPSA) is 12.5 Å². The Morgan fingerprint density at radius 1 is 1.24 bits per heavy atom. The van der Waals surface area contributed by atoms with E-state index in [1.54, 1.807) is 0 Å². The summed E-state index contributed by atoms with van der Waals surface area (Å²) in [6, 6.07) is 0. The minimum absolute atomic E-state index is 0.591. The molecule has 0 aromatic carbocycles. The van der Waals surface area contributed by atoms with Gasteiger partial charge in [0.2, 0.25) is 0 Å². The van der Waals surface area contributed by atoms with Crippen LogP contribution in [0.3, 0.4) is 0 Å². The summed E-state index contributed by atoms with van der Waals surface area (Å²) in [5.74, 6) is 0.805. The summed E-state index contributed by atoms with van der Waals surface area (Å²) < 4.78 is 5.26. The van der Waals surface area contributed by atoms with E-state index in [9.17, 15) is 0 Å². The number of hydrogen-bond acceptors (Lipinski definition) is 2. The summed E-state index contributed by atoms with van der Waals surface area (Å²) in [6.45, 7) is 4.83. The van der Waals surface area contributed by atoms with Gasteiger partial charge in [-0.25, -0.2) is 0 Å². The van der Waals surface area contributed by atoms with Crippen LogP contribution in [0.5, 0.6) is 0 Å². The molecule has 1 aliphatic carbocycles. The Balaban J connectivity index is 1.77. The van der Waals surface area contributed by atoms with E-state index in [1.807, 2.05) is 7.11 Å². The van der Waals surface area contributed by atoms with Crippen molar-refractivity contribution in [3.05, 3.63) is 0 Å². The maximum Gasteiger partial charge on any atom is 0.0491 e. The Bertz CT molecular complexity index is 220. The number of methoxy groups -OCH3 is 1. The number of likely N-dealkylation sites (tertiary alicyclic amines) is 1. The Hall–Kier alpha value is 0.400. The third-order valence-corrected chi connectivity index (χ3v) is 5.81. The normalized spacial score (nSPS) is 26.5. The van der Waals surface area contributed by atoms with Crippen molar-refractivity contribution in [1.29, 1.82) is 0 Å². The summed E-state index contributed by atoms with van der Waals surface area (Å²) in [4.78, 5) is 2.69. The van der Waals surface area contributed by atoms with Crippen molar-refractivity contribution >= 4 is 15.9 Å². The molecule has 0 radical (unpaired) electrons. The first-order valence-electron chi connectivity index (χ1n) is 7.05. The molecule has 0 amide bonds. The molecule has 0 aromatic rings. The SMILES string of the molecule is COCC1CCN(CC2(CBr)CCCC2)CC1. The average Bonchev–Trinajstić information content (AvgIpc) is 2.81. The van der Waals surface area contributed by atoms with Crippen LogP contribution in [-0.4, -0.2) is 43.6 Å². The van der Waals surface area contributed by atoms with Gasteiger partial charge in [0.25, 0.3) is 0 Å². The summed E-state index contributed by atoms with van der Waals surface area (Å²) in [6.07, 6.45) is 8.38. The fourth-order valence-electron chi connectivity index (χ4n) is 3.48. The van der Waals surface area contributed by atoms with Gasteiger partial charge in [-0.1, -0.05) is 28.8 Å². The van der Waals surface area contributed by atoms with Gasteiger partial charge in [-0.05, 0) is 50.1 Å². The Morgan fingerprint density at radius 2 is 1.88 bits per heavy atom. The first kappa shape index (κ1) is 13.8. The lowest BCUT2D eigenvalue weighted by Gasteiger charge is -2.38. The van der Waals surface area contributed by atoms with Gasteiger partial charge in [0.05, 0.1) is 0 Å². The van der Waals surface area contributed by atoms with Crippen molar-refractivity contribution in [2.45, 2.75) is 38.5 Å². The molecule has 1 saturated heterocycles. The monoisotopic (exact) mass is 303 g/mol. The molecular formula is C14H26BrNO. The molecule has 0 unspecified atom stereocenters. The van der Waals surface area contributed by atoms with E-state index in [0.29, 0.717) is 5.41 Å². The Labute approximate surface area is 114 Å². The third-order valence-electron chi connectivity index (χ3n) is 4.62. The fourth-order valence-corrected chi connectivity index (χ4v) is 4.22. The molecule has 2 nitrogen and oxygen atoms in total. The van der Waals surface area contributed by atoms with Crippen molar-refractivity contribution in [1.82, 2.24) is 4.90 Å². The van der Waals surface area contributed by atoms with Crippen LogP contribution in [0.2, 0.25) is 0 Å². The lowest BCUT2D eigenvalue weighted by atomic mass is 9.86. The number of nitrogens with zero attached hydrogens (tertiary/aromatic N) is 1. The van der Waals surface area contributed by atoms with Crippen molar-refractivity contribution < 1.29 is 4.74 Å². The standard InChI is InChI=1S/C14H26BrNO/c1-17-10-13-4-8-16(9-5-13)12-14(11-15)6-2-3-7-14/h13H,2-12H2,1H3.